The smallest absolute Gasteiger partial charge is 0.133 e. The molecule has 0 unspecified atom stereocenters. The van der Waals surface area contributed by atoms with Crippen molar-refractivity contribution in [3.8, 4) is 6.07 Å². The van der Waals surface area contributed by atoms with E-state index in [1.54, 1.807) is 7.11 Å². The Morgan fingerprint density at radius 2 is 2.25 bits per heavy atom. The third-order valence-corrected chi connectivity index (χ3v) is 0.598. The lowest BCUT2D eigenvalue weighted by atomic mass is 10.7. The van der Waals surface area contributed by atoms with Crippen molar-refractivity contribution in [1.82, 2.24) is 0 Å². The van der Waals surface area contributed by atoms with Gasteiger partial charge in [0, 0.05) is 7.11 Å². The highest BCUT2D eigenvalue weighted by atomic mass is 16.5. The molecule has 0 aliphatic rings. The van der Waals surface area contributed by atoms with Gasteiger partial charge in [-0.1, -0.05) is 0 Å². The minimum Gasteiger partial charge on any atom is -0.382 e. The number of nitrogens with zero attached hydrogens (tertiary/aromatic N) is 1. The van der Waals surface area contributed by atoms with E-state index in [1.807, 2.05) is 6.07 Å². The molecule has 0 heterocycles. The van der Waals surface area contributed by atoms with Crippen LogP contribution in [0.5, 0.6) is 0 Å². The van der Waals surface area contributed by atoms with E-state index in [1.165, 1.54) is 0 Å². The van der Waals surface area contributed by atoms with Crippen molar-refractivity contribution in [2.45, 2.75) is 0 Å². The van der Waals surface area contributed by atoms with Crippen molar-refractivity contribution in [2.75, 3.05) is 26.9 Å². The van der Waals surface area contributed by atoms with Crippen molar-refractivity contribution >= 4 is 0 Å². The summed E-state index contributed by atoms with van der Waals surface area (Å²) in [6.07, 6.45) is 0. The molecule has 0 rings (SSSR count). The van der Waals surface area contributed by atoms with Gasteiger partial charge in [0.1, 0.15) is 6.61 Å². The lowest BCUT2D eigenvalue weighted by molar-refractivity contribution is 0.0872. The fraction of sp³-hybridized carbons (Fsp3) is 0.800. The summed E-state index contributed by atoms with van der Waals surface area (Å²) in [5.74, 6) is 0. The lowest BCUT2D eigenvalue weighted by Crippen LogP contribution is -2.00. The Labute approximate surface area is 48.8 Å². The zero-order valence-corrected chi connectivity index (χ0v) is 4.89. The summed E-state index contributed by atoms with van der Waals surface area (Å²) in [6.45, 7) is 1.22. The third-order valence-electron chi connectivity index (χ3n) is 0.598. The van der Waals surface area contributed by atoms with Crippen LogP contribution >= 0.6 is 0 Å². The quantitative estimate of drug-likeness (QED) is 0.490. The Bertz CT molecular complexity index is 77.0. The molecule has 8 heavy (non-hydrogen) atoms. The minimum atomic E-state index is 0.156. The molecule has 0 fully saturated rings. The van der Waals surface area contributed by atoms with Gasteiger partial charge in [-0.25, -0.2) is 0 Å². The van der Waals surface area contributed by atoms with Crippen LogP contribution in [0.2, 0.25) is 0 Å². The first-order valence-corrected chi connectivity index (χ1v) is 2.35. The van der Waals surface area contributed by atoms with Crippen LogP contribution in [0.15, 0.2) is 0 Å². The Morgan fingerprint density at radius 3 is 2.75 bits per heavy atom. The molecule has 0 radical (unpaired) electrons. The van der Waals surface area contributed by atoms with Crippen LogP contribution in [0.3, 0.4) is 0 Å². The Morgan fingerprint density at radius 1 is 1.50 bits per heavy atom. The molecule has 0 saturated carbocycles. The average molecular weight is 115 g/mol. The van der Waals surface area contributed by atoms with Crippen LogP contribution in [-0.2, 0) is 9.47 Å². The fourth-order valence-corrected chi connectivity index (χ4v) is 0.260. The second kappa shape index (κ2) is 6.41. The molecule has 0 aromatic carbocycles. The maximum atomic E-state index is 7.95. The highest BCUT2D eigenvalue weighted by Crippen LogP contribution is 1.71. The van der Waals surface area contributed by atoms with Crippen molar-refractivity contribution in [2.24, 2.45) is 0 Å². The van der Waals surface area contributed by atoms with Crippen LogP contribution < -0.4 is 0 Å². The molecule has 0 bridgehead atoms. The molecular formula is C5H9NO2. The van der Waals surface area contributed by atoms with E-state index in [0.29, 0.717) is 13.2 Å². The van der Waals surface area contributed by atoms with Gasteiger partial charge in [-0.3, -0.25) is 0 Å². The van der Waals surface area contributed by atoms with Crippen molar-refractivity contribution in [3.63, 3.8) is 0 Å². The molecule has 0 amide bonds. The van der Waals surface area contributed by atoms with Gasteiger partial charge in [-0.2, -0.15) is 5.26 Å². The van der Waals surface area contributed by atoms with Gasteiger partial charge in [-0.15, -0.1) is 0 Å². The molecule has 0 atom stereocenters. The van der Waals surface area contributed by atoms with Gasteiger partial charge in [-0.05, 0) is 0 Å². The first-order chi connectivity index (χ1) is 3.91. The van der Waals surface area contributed by atoms with Crippen LogP contribution in [0.25, 0.3) is 0 Å². The zero-order valence-electron chi connectivity index (χ0n) is 4.89. The first kappa shape index (κ1) is 7.41. The predicted molar refractivity (Wildman–Crippen MR) is 28.3 cm³/mol. The van der Waals surface area contributed by atoms with Gasteiger partial charge >= 0.3 is 0 Å². The molecule has 3 nitrogen and oxygen atoms in total. The summed E-state index contributed by atoms with van der Waals surface area (Å²) >= 11 is 0. The Kier molecular flexibility index (Phi) is 5.94. The summed E-state index contributed by atoms with van der Waals surface area (Å²) < 4.78 is 9.39. The minimum absolute atomic E-state index is 0.156. The SMILES string of the molecule is COCCOCC#N. The van der Waals surface area contributed by atoms with E-state index in [-0.39, 0.29) is 6.61 Å². The van der Waals surface area contributed by atoms with Gasteiger partial charge < -0.3 is 9.47 Å². The van der Waals surface area contributed by atoms with E-state index in [9.17, 15) is 0 Å². The topological polar surface area (TPSA) is 42.2 Å². The van der Waals surface area contributed by atoms with Crippen molar-refractivity contribution in [3.05, 3.63) is 0 Å². The molecule has 0 aliphatic carbocycles. The average Bonchev–Trinajstić information content (AvgIpc) is 1.81. The second-order valence-corrected chi connectivity index (χ2v) is 1.20. The Hall–Kier alpha value is -0.590. The normalized spacial score (nSPS) is 8.50. The van der Waals surface area contributed by atoms with E-state index in [4.69, 9.17) is 10.00 Å². The monoisotopic (exact) mass is 115 g/mol. The zero-order chi connectivity index (χ0) is 6.24. The number of methoxy groups -OCH3 is 1. The number of rotatable bonds is 4. The highest BCUT2D eigenvalue weighted by molar-refractivity contribution is 4.65. The van der Waals surface area contributed by atoms with Crippen molar-refractivity contribution in [1.29, 1.82) is 5.26 Å². The van der Waals surface area contributed by atoms with Gasteiger partial charge in [0.2, 0.25) is 0 Å². The fourth-order valence-electron chi connectivity index (χ4n) is 0.260. The molecule has 0 aliphatic heterocycles. The molecule has 3 heteroatoms. The lowest BCUT2D eigenvalue weighted by Gasteiger charge is -1.94. The number of hydrogen-bond donors (Lipinski definition) is 0. The maximum Gasteiger partial charge on any atom is 0.133 e. The van der Waals surface area contributed by atoms with E-state index < -0.39 is 0 Å². The van der Waals surface area contributed by atoms with Crippen LogP contribution in [0, 0.1) is 11.3 Å². The van der Waals surface area contributed by atoms with E-state index in [2.05, 4.69) is 4.74 Å². The Balaban J connectivity index is 2.65. The molecule has 0 aromatic heterocycles. The van der Waals surface area contributed by atoms with E-state index >= 15 is 0 Å². The second-order valence-electron chi connectivity index (χ2n) is 1.20. The number of nitriles is 1. The largest absolute Gasteiger partial charge is 0.382 e. The summed E-state index contributed by atoms with van der Waals surface area (Å²) in [5.41, 5.74) is 0. The van der Waals surface area contributed by atoms with Crippen molar-refractivity contribution < 1.29 is 9.47 Å². The standard InChI is InChI=1S/C5H9NO2/c1-7-4-5-8-3-2-6/h3-5H2,1H3. The number of ether oxygens (including phenoxy) is 2. The molecular weight excluding hydrogens is 106 g/mol. The molecule has 0 aromatic rings. The van der Waals surface area contributed by atoms with Gasteiger partial charge in [0.25, 0.3) is 0 Å². The number of hydrogen-bond acceptors (Lipinski definition) is 3. The van der Waals surface area contributed by atoms with Crippen LogP contribution in [0.4, 0.5) is 0 Å². The molecule has 0 saturated heterocycles. The predicted octanol–water partition coefficient (Wildman–Crippen LogP) is 0.173. The summed E-state index contributed by atoms with van der Waals surface area (Å²) in [7, 11) is 1.59. The third kappa shape index (κ3) is 5.41. The van der Waals surface area contributed by atoms with Gasteiger partial charge in [0.15, 0.2) is 0 Å². The molecule has 46 valence electrons. The van der Waals surface area contributed by atoms with E-state index in [0.717, 1.165) is 0 Å². The molecule has 0 spiro atoms. The van der Waals surface area contributed by atoms with Crippen LogP contribution in [0.1, 0.15) is 0 Å². The first-order valence-electron chi connectivity index (χ1n) is 2.35. The van der Waals surface area contributed by atoms with Crippen LogP contribution in [-0.4, -0.2) is 26.9 Å². The van der Waals surface area contributed by atoms with Gasteiger partial charge in [0.05, 0.1) is 19.3 Å². The maximum absolute atomic E-state index is 7.95. The summed E-state index contributed by atoms with van der Waals surface area (Å²) in [6, 6.07) is 1.85. The summed E-state index contributed by atoms with van der Waals surface area (Å²) in [4.78, 5) is 0. The summed E-state index contributed by atoms with van der Waals surface area (Å²) in [5, 5.41) is 7.95. The highest BCUT2D eigenvalue weighted by Gasteiger charge is 1.81. The molecule has 0 N–H and O–H groups in total.